The lowest BCUT2D eigenvalue weighted by Gasteiger charge is -2.44. The standard InChI is InChI=1S/C23H28N4O7/c1-22(2,3)34-21(30)27-11-23(9-16(27)20(29)32-6)25-15-8-17(31-5)14(18-10-24-12-33-18)7-13(15)19(28)26(23)4/h7-8,10,12,16,25H,9,11H2,1-6H3/t16-,23+/m1/s1. The second-order valence-corrected chi connectivity index (χ2v) is 9.34. The smallest absolute Gasteiger partial charge is 0.411 e. The number of methoxy groups -OCH3 is 2. The maximum absolute atomic E-state index is 13.5. The largest absolute Gasteiger partial charge is 0.496 e. The van der Waals surface area contributed by atoms with Crippen LogP contribution < -0.4 is 10.1 Å². The molecule has 1 spiro atoms. The van der Waals surface area contributed by atoms with E-state index < -0.39 is 29.4 Å². The molecule has 3 heterocycles. The average molecular weight is 472 g/mol. The Hall–Kier alpha value is -3.76. The Balaban J connectivity index is 1.74. The minimum atomic E-state index is -1.06. The van der Waals surface area contributed by atoms with Gasteiger partial charge in [0.2, 0.25) is 0 Å². The van der Waals surface area contributed by atoms with Crippen LogP contribution in [0, 0.1) is 0 Å². The van der Waals surface area contributed by atoms with Crippen molar-refractivity contribution >= 4 is 23.7 Å². The van der Waals surface area contributed by atoms with Gasteiger partial charge >= 0.3 is 12.1 Å². The van der Waals surface area contributed by atoms with Gasteiger partial charge in [0, 0.05) is 19.5 Å². The Morgan fingerprint density at radius 3 is 2.56 bits per heavy atom. The zero-order valence-electron chi connectivity index (χ0n) is 20.0. The summed E-state index contributed by atoms with van der Waals surface area (Å²) in [5, 5.41) is 3.38. The fourth-order valence-electron chi connectivity index (χ4n) is 4.36. The van der Waals surface area contributed by atoms with Crippen molar-refractivity contribution < 1.29 is 33.0 Å². The predicted octanol–water partition coefficient (Wildman–Crippen LogP) is 2.73. The number of benzene rings is 1. The van der Waals surface area contributed by atoms with Crippen molar-refractivity contribution in [2.24, 2.45) is 0 Å². The summed E-state index contributed by atoms with van der Waals surface area (Å²) in [5.74, 6) is 0.0568. The molecule has 2 aromatic rings. The van der Waals surface area contributed by atoms with Crippen LogP contribution in [0.5, 0.6) is 5.75 Å². The molecular weight excluding hydrogens is 444 g/mol. The van der Waals surface area contributed by atoms with E-state index in [0.717, 1.165) is 0 Å². The molecule has 2 aliphatic heterocycles. The first-order valence-electron chi connectivity index (χ1n) is 10.7. The zero-order valence-corrected chi connectivity index (χ0v) is 20.0. The molecule has 1 saturated heterocycles. The summed E-state index contributed by atoms with van der Waals surface area (Å²) in [4.78, 5) is 45.8. The SMILES string of the molecule is COC(=O)[C@H]1C[C@]2(CN1C(=O)OC(C)(C)C)Nc1cc(OC)c(-c3cnco3)cc1C(=O)N2C. The Morgan fingerprint density at radius 1 is 1.24 bits per heavy atom. The second-order valence-electron chi connectivity index (χ2n) is 9.34. The maximum atomic E-state index is 13.5. The number of hydrogen-bond acceptors (Lipinski definition) is 9. The van der Waals surface area contributed by atoms with Crippen molar-refractivity contribution in [2.75, 3.05) is 33.1 Å². The van der Waals surface area contributed by atoms with Gasteiger partial charge in [0.15, 0.2) is 12.2 Å². The van der Waals surface area contributed by atoms with Gasteiger partial charge in [0.05, 0.1) is 43.8 Å². The highest BCUT2D eigenvalue weighted by Gasteiger charge is 2.56. The molecular formula is C23H28N4O7. The molecule has 0 aliphatic carbocycles. The summed E-state index contributed by atoms with van der Waals surface area (Å²) < 4.78 is 21.4. The normalized spacial score (nSPS) is 21.8. The Morgan fingerprint density at radius 2 is 1.97 bits per heavy atom. The molecule has 1 N–H and O–H groups in total. The number of likely N-dealkylation sites (tertiary alicyclic amines) is 1. The number of nitrogens with one attached hydrogen (secondary N) is 1. The van der Waals surface area contributed by atoms with Gasteiger partial charge in [-0.15, -0.1) is 0 Å². The van der Waals surface area contributed by atoms with Crippen molar-refractivity contribution in [2.45, 2.75) is 44.5 Å². The number of hydrogen-bond donors (Lipinski definition) is 1. The van der Waals surface area contributed by atoms with Crippen LogP contribution in [0.25, 0.3) is 11.3 Å². The molecule has 182 valence electrons. The van der Waals surface area contributed by atoms with Gasteiger partial charge in [-0.25, -0.2) is 14.6 Å². The molecule has 1 aromatic heterocycles. The number of amides is 2. The summed E-state index contributed by atoms with van der Waals surface area (Å²) in [7, 11) is 4.40. The van der Waals surface area contributed by atoms with E-state index in [2.05, 4.69) is 10.3 Å². The zero-order chi connectivity index (χ0) is 24.8. The highest BCUT2D eigenvalue weighted by molar-refractivity contribution is 6.04. The van der Waals surface area contributed by atoms with Gasteiger partial charge < -0.3 is 28.8 Å². The summed E-state index contributed by atoms with van der Waals surface area (Å²) >= 11 is 0. The van der Waals surface area contributed by atoms with Crippen molar-refractivity contribution in [3.63, 3.8) is 0 Å². The molecule has 2 atom stereocenters. The van der Waals surface area contributed by atoms with Crippen LogP contribution in [0.4, 0.5) is 10.5 Å². The van der Waals surface area contributed by atoms with Crippen LogP contribution in [0.15, 0.2) is 29.1 Å². The van der Waals surface area contributed by atoms with Crippen LogP contribution in [-0.2, 0) is 14.3 Å². The van der Waals surface area contributed by atoms with E-state index in [0.29, 0.717) is 28.3 Å². The quantitative estimate of drug-likeness (QED) is 0.672. The van der Waals surface area contributed by atoms with E-state index in [1.807, 2.05) is 0 Å². The number of rotatable bonds is 3. The van der Waals surface area contributed by atoms with Gasteiger partial charge in [0.1, 0.15) is 23.1 Å². The number of esters is 1. The number of fused-ring (bicyclic) bond motifs is 1. The molecule has 0 saturated carbocycles. The molecule has 0 bridgehead atoms. The summed E-state index contributed by atoms with van der Waals surface area (Å²) in [6.07, 6.45) is 2.29. The summed E-state index contributed by atoms with van der Waals surface area (Å²) in [6.45, 7) is 5.25. The van der Waals surface area contributed by atoms with E-state index >= 15 is 0 Å². The Kier molecular flexibility index (Phi) is 5.66. The van der Waals surface area contributed by atoms with Crippen LogP contribution in [0.2, 0.25) is 0 Å². The minimum absolute atomic E-state index is 0.0233. The Labute approximate surface area is 196 Å². The maximum Gasteiger partial charge on any atom is 0.411 e. The predicted molar refractivity (Wildman–Crippen MR) is 120 cm³/mol. The lowest BCUT2D eigenvalue weighted by molar-refractivity contribution is -0.145. The van der Waals surface area contributed by atoms with Crippen LogP contribution in [-0.4, -0.2) is 77.9 Å². The highest BCUT2D eigenvalue weighted by Crippen LogP contribution is 2.43. The first kappa shape index (κ1) is 23.4. The van der Waals surface area contributed by atoms with Crippen molar-refractivity contribution in [1.82, 2.24) is 14.8 Å². The summed E-state index contributed by atoms with van der Waals surface area (Å²) in [6, 6.07) is 2.44. The number of carbonyl (C=O) groups is 3. The molecule has 11 heteroatoms. The fraction of sp³-hybridized carbons (Fsp3) is 0.478. The van der Waals surface area contributed by atoms with Gasteiger partial charge in [-0.3, -0.25) is 9.69 Å². The molecule has 1 fully saturated rings. The van der Waals surface area contributed by atoms with Gasteiger partial charge in [-0.05, 0) is 26.8 Å². The van der Waals surface area contributed by atoms with E-state index in [1.54, 1.807) is 40.0 Å². The molecule has 2 amide bonds. The number of anilines is 1. The van der Waals surface area contributed by atoms with Gasteiger partial charge in [-0.2, -0.15) is 0 Å². The number of aromatic nitrogens is 1. The van der Waals surface area contributed by atoms with Gasteiger partial charge in [-0.1, -0.05) is 0 Å². The lowest BCUT2D eigenvalue weighted by Crippen LogP contribution is -2.60. The topological polar surface area (TPSA) is 123 Å². The molecule has 0 radical (unpaired) electrons. The molecule has 11 nitrogen and oxygen atoms in total. The van der Waals surface area contributed by atoms with Crippen LogP contribution in [0.1, 0.15) is 37.6 Å². The monoisotopic (exact) mass is 472 g/mol. The van der Waals surface area contributed by atoms with Crippen molar-refractivity contribution in [1.29, 1.82) is 0 Å². The highest BCUT2D eigenvalue weighted by atomic mass is 16.6. The fourth-order valence-corrected chi connectivity index (χ4v) is 4.36. The van der Waals surface area contributed by atoms with Crippen molar-refractivity contribution in [3.8, 4) is 17.1 Å². The number of nitrogens with zero attached hydrogens (tertiary/aromatic N) is 3. The molecule has 1 aromatic carbocycles. The third-order valence-corrected chi connectivity index (χ3v) is 6.02. The second kappa shape index (κ2) is 8.23. The third kappa shape index (κ3) is 3.91. The van der Waals surface area contributed by atoms with Crippen LogP contribution in [0.3, 0.4) is 0 Å². The number of carbonyl (C=O) groups excluding carboxylic acids is 3. The van der Waals surface area contributed by atoms with Crippen LogP contribution >= 0.6 is 0 Å². The molecule has 4 rings (SSSR count). The van der Waals surface area contributed by atoms with E-state index in [-0.39, 0.29) is 18.9 Å². The first-order valence-corrected chi connectivity index (χ1v) is 10.7. The first-order chi connectivity index (χ1) is 16.0. The lowest BCUT2D eigenvalue weighted by atomic mass is 9.95. The Bertz CT molecular complexity index is 1130. The summed E-state index contributed by atoms with van der Waals surface area (Å²) in [5.41, 5.74) is -0.332. The number of likely N-dealkylation sites (N-methyl/N-ethyl adjacent to an activating group) is 1. The average Bonchev–Trinajstić information content (AvgIpc) is 3.44. The van der Waals surface area contributed by atoms with E-state index in [9.17, 15) is 14.4 Å². The minimum Gasteiger partial charge on any atom is -0.496 e. The van der Waals surface area contributed by atoms with Gasteiger partial charge in [0.25, 0.3) is 5.91 Å². The molecule has 34 heavy (non-hydrogen) atoms. The molecule has 0 unspecified atom stereocenters. The number of ether oxygens (including phenoxy) is 3. The van der Waals surface area contributed by atoms with E-state index in [4.69, 9.17) is 18.6 Å². The van der Waals surface area contributed by atoms with E-state index in [1.165, 1.54) is 36.6 Å². The van der Waals surface area contributed by atoms with Crippen molar-refractivity contribution in [3.05, 3.63) is 30.3 Å². The number of oxazole rings is 1. The third-order valence-electron chi connectivity index (χ3n) is 6.02. The molecule has 2 aliphatic rings.